The summed E-state index contributed by atoms with van der Waals surface area (Å²) in [7, 11) is 3.00. The van der Waals surface area contributed by atoms with Gasteiger partial charge in [-0.2, -0.15) is 0 Å². The first-order valence-electron chi connectivity index (χ1n) is 10.2. The fraction of sp³-hybridized carbons (Fsp3) is 0.609. The number of methoxy groups -OCH3 is 2. The van der Waals surface area contributed by atoms with E-state index in [1.807, 2.05) is 53.7 Å². The summed E-state index contributed by atoms with van der Waals surface area (Å²) >= 11 is 6.36. The number of aliphatic hydroxyl groups is 1. The van der Waals surface area contributed by atoms with Crippen molar-refractivity contribution in [2.45, 2.75) is 66.1 Å². The van der Waals surface area contributed by atoms with Gasteiger partial charge in [0.15, 0.2) is 11.4 Å². The van der Waals surface area contributed by atoms with Crippen molar-refractivity contribution in [1.82, 2.24) is 0 Å². The minimum Gasteiger partial charge on any atom is -0.496 e. The monoisotopic (exact) mass is 426 g/mol. The fourth-order valence-corrected chi connectivity index (χ4v) is 3.97. The van der Waals surface area contributed by atoms with E-state index in [0.29, 0.717) is 35.7 Å². The van der Waals surface area contributed by atoms with Crippen LogP contribution < -0.4 is 14.2 Å². The molecule has 5 nitrogen and oxygen atoms in total. The van der Waals surface area contributed by atoms with Crippen LogP contribution in [0.3, 0.4) is 0 Å². The van der Waals surface area contributed by atoms with Crippen molar-refractivity contribution < 1.29 is 24.1 Å². The maximum atomic E-state index is 13.2. The Morgan fingerprint density at radius 2 is 1.72 bits per heavy atom. The van der Waals surface area contributed by atoms with E-state index >= 15 is 0 Å². The summed E-state index contributed by atoms with van der Waals surface area (Å²) in [4.78, 5) is 13.2. The Morgan fingerprint density at radius 1 is 1.17 bits per heavy atom. The molecule has 1 aliphatic carbocycles. The number of ketones is 1. The number of carbonyl (C=O) groups excluding carboxylic acids is 1. The smallest absolute Gasteiger partial charge is 0.214 e. The second kappa shape index (κ2) is 10.9. The SMILES string of the molecule is CC.CC=CC.COc1cc(OC)c2c(c1Cl)O[C@@]1(CC(C)[C@H](O)CC1C)C2=O. The molecule has 1 heterocycles. The molecule has 1 aromatic rings. The molecule has 4 atom stereocenters. The van der Waals surface area contributed by atoms with Gasteiger partial charge in [-0.1, -0.05) is 51.4 Å². The van der Waals surface area contributed by atoms with Gasteiger partial charge in [0.25, 0.3) is 0 Å². The lowest BCUT2D eigenvalue weighted by molar-refractivity contribution is -0.0517. The van der Waals surface area contributed by atoms with Crippen molar-refractivity contribution in [2.24, 2.45) is 11.8 Å². The molecule has 2 aliphatic rings. The Hall–Kier alpha value is -1.72. The number of allylic oxidation sites excluding steroid dienone is 2. The maximum Gasteiger partial charge on any atom is 0.214 e. The summed E-state index contributed by atoms with van der Waals surface area (Å²) in [6, 6.07) is 1.60. The second-order valence-electron chi connectivity index (χ2n) is 7.17. The second-order valence-corrected chi connectivity index (χ2v) is 7.55. The van der Waals surface area contributed by atoms with Crippen LogP contribution in [0, 0.1) is 11.8 Å². The van der Waals surface area contributed by atoms with E-state index in [0.717, 1.165) is 0 Å². The van der Waals surface area contributed by atoms with E-state index in [-0.39, 0.29) is 22.6 Å². The lowest BCUT2D eigenvalue weighted by Crippen LogP contribution is -2.53. The van der Waals surface area contributed by atoms with Crippen molar-refractivity contribution in [2.75, 3.05) is 14.2 Å². The molecule has 0 radical (unpaired) electrons. The Labute approximate surface area is 180 Å². The molecular formula is C23H35ClO5. The standard InChI is InChI=1S/C17H21ClO5.C4H8.C2H6/c1-8-7-17(9(2)5-10(8)19)16(20)13-11(21-3)6-12(22-4)14(18)15(13)23-17;1-3-4-2;1-2/h6,8-10,19H,5,7H2,1-4H3;3-4H,1-2H3;1-2H3/t8?,9?,10-,17-;;/m1../s1. The summed E-state index contributed by atoms with van der Waals surface area (Å²) in [5.74, 6) is 0.845. The van der Waals surface area contributed by atoms with Gasteiger partial charge in [0.05, 0.1) is 20.3 Å². The minimum atomic E-state index is -0.996. The number of Topliss-reactive ketones (excluding diaryl/α,β-unsaturated/α-hetero) is 1. The van der Waals surface area contributed by atoms with Gasteiger partial charge >= 0.3 is 0 Å². The highest BCUT2D eigenvalue weighted by atomic mass is 35.5. The molecular weight excluding hydrogens is 392 g/mol. The van der Waals surface area contributed by atoms with Crippen LogP contribution in [0.1, 0.15) is 64.7 Å². The molecule has 1 spiro atoms. The van der Waals surface area contributed by atoms with Gasteiger partial charge in [-0.3, -0.25) is 4.79 Å². The van der Waals surface area contributed by atoms with Crippen LogP contribution in [-0.4, -0.2) is 36.8 Å². The van der Waals surface area contributed by atoms with E-state index in [1.165, 1.54) is 14.2 Å². The fourth-order valence-electron chi connectivity index (χ4n) is 3.71. The van der Waals surface area contributed by atoms with Gasteiger partial charge in [-0.05, 0) is 32.6 Å². The molecule has 164 valence electrons. The summed E-state index contributed by atoms with van der Waals surface area (Å²) in [6.45, 7) is 11.9. The molecule has 0 aromatic heterocycles. The molecule has 0 bridgehead atoms. The lowest BCUT2D eigenvalue weighted by Gasteiger charge is -2.42. The molecule has 0 saturated heterocycles. The number of hydrogen-bond donors (Lipinski definition) is 1. The van der Waals surface area contributed by atoms with Crippen LogP contribution in [0.4, 0.5) is 0 Å². The molecule has 1 N–H and O–H groups in total. The number of aliphatic hydroxyl groups excluding tert-OH is 1. The molecule has 2 unspecified atom stereocenters. The van der Waals surface area contributed by atoms with Crippen LogP contribution in [0.15, 0.2) is 18.2 Å². The van der Waals surface area contributed by atoms with Crippen molar-refractivity contribution in [3.63, 3.8) is 0 Å². The van der Waals surface area contributed by atoms with Crippen LogP contribution in [0.5, 0.6) is 17.2 Å². The van der Waals surface area contributed by atoms with Crippen LogP contribution in [0.2, 0.25) is 5.02 Å². The van der Waals surface area contributed by atoms with Gasteiger partial charge in [-0.15, -0.1) is 0 Å². The highest BCUT2D eigenvalue weighted by molar-refractivity contribution is 6.35. The Bertz CT molecular complexity index is 726. The summed E-state index contributed by atoms with van der Waals surface area (Å²) in [6.07, 6.45) is 4.53. The molecule has 29 heavy (non-hydrogen) atoms. The van der Waals surface area contributed by atoms with Gasteiger partial charge in [0, 0.05) is 12.0 Å². The molecule has 3 rings (SSSR count). The molecule has 1 fully saturated rings. The third kappa shape index (κ3) is 4.72. The zero-order chi connectivity index (χ0) is 22.4. The van der Waals surface area contributed by atoms with Crippen molar-refractivity contribution >= 4 is 17.4 Å². The molecule has 0 amide bonds. The molecule has 1 saturated carbocycles. The predicted molar refractivity (Wildman–Crippen MR) is 118 cm³/mol. The molecule has 6 heteroatoms. The van der Waals surface area contributed by atoms with Crippen molar-refractivity contribution in [3.8, 4) is 17.2 Å². The van der Waals surface area contributed by atoms with Gasteiger partial charge < -0.3 is 19.3 Å². The zero-order valence-corrected chi connectivity index (χ0v) is 19.6. The largest absolute Gasteiger partial charge is 0.496 e. The van der Waals surface area contributed by atoms with Gasteiger partial charge in [0.2, 0.25) is 5.78 Å². The van der Waals surface area contributed by atoms with E-state index in [2.05, 4.69) is 0 Å². The Morgan fingerprint density at radius 3 is 2.21 bits per heavy atom. The zero-order valence-electron chi connectivity index (χ0n) is 18.8. The average molecular weight is 427 g/mol. The first-order valence-corrected chi connectivity index (χ1v) is 10.6. The summed E-state index contributed by atoms with van der Waals surface area (Å²) in [5, 5.41) is 10.4. The molecule has 1 aliphatic heterocycles. The maximum absolute atomic E-state index is 13.2. The quantitative estimate of drug-likeness (QED) is 0.614. The van der Waals surface area contributed by atoms with E-state index in [1.54, 1.807) is 6.07 Å². The normalized spacial score (nSPS) is 27.4. The Balaban J connectivity index is 0.000000627. The topological polar surface area (TPSA) is 65.0 Å². The van der Waals surface area contributed by atoms with Crippen LogP contribution >= 0.6 is 11.6 Å². The van der Waals surface area contributed by atoms with Gasteiger partial charge in [0.1, 0.15) is 22.1 Å². The van der Waals surface area contributed by atoms with Crippen molar-refractivity contribution in [1.29, 1.82) is 0 Å². The summed E-state index contributed by atoms with van der Waals surface area (Å²) < 4.78 is 16.7. The van der Waals surface area contributed by atoms with E-state index in [4.69, 9.17) is 25.8 Å². The number of rotatable bonds is 2. The summed E-state index contributed by atoms with van der Waals surface area (Å²) in [5.41, 5.74) is -0.627. The molecule has 1 aromatic carbocycles. The number of fused-ring (bicyclic) bond motifs is 1. The predicted octanol–water partition coefficient (Wildman–Crippen LogP) is 5.71. The Kier molecular flexibility index (Phi) is 9.50. The highest BCUT2D eigenvalue weighted by Gasteiger charge is 2.57. The average Bonchev–Trinajstić information content (AvgIpc) is 3.03. The first kappa shape index (κ1) is 25.3. The van der Waals surface area contributed by atoms with Crippen molar-refractivity contribution in [3.05, 3.63) is 28.8 Å². The van der Waals surface area contributed by atoms with E-state index < -0.39 is 11.7 Å². The number of carbonyl (C=O) groups is 1. The number of ether oxygens (including phenoxy) is 3. The van der Waals surface area contributed by atoms with Gasteiger partial charge in [-0.25, -0.2) is 0 Å². The number of halogens is 1. The highest BCUT2D eigenvalue weighted by Crippen LogP contribution is 2.54. The minimum absolute atomic E-state index is 0.0314. The lowest BCUT2D eigenvalue weighted by atomic mass is 9.68. The third-order valence-corrected chi connectivity index (χ3v) is 5.85. The first-order chi connectivity index (χ1) is 13.8. The number of hydrogen-bond acceptors (Lipinski definition) is 5. The van der Waals surface area contributed by atoms with E-state index in [9.17, 15) is 9.90 Å². The van der Waals surface area contributed by atoms with Crippen LogP contribution in [-0.2, 0) is 0 Å². The third-order valence-electron chi connectivity index (χ3n) is 5.49. The number of benzene rings is 1. The van der Waals surface area contributed by atoms with Crippen LogP contribution in [0.25, 0.3) is 0 Å².